The van der Waals surface area contributed by atoms with Gasteiger partial charge in [0.2, 0.25) is 5.91 Å². The highest BCUT2D eigenvalue weighted by molar-refractivity contribution is 5.79. The van der Waals surface area contributed by atoms with Gasteiger partial charge in [-0.1, -0.05) is 6.07 Å². The maximum absolute atomic E-state index is 13.4. The summed E-state index contributed by atoms with van der Waals surface area (Å²) in [6.45, 7) is 4.54. The van der Waals surface area contributed by atoms with E-state index < -0.39 is 11.6 Å². The Kier molecular flexibility index (Phi) is 5.74. The van der Waals surface area contributed by atoms with Gasteiger partial charge >= 0.3 is 0 Å². The molecule has 3 fully saturated rings. The molecule has 3 aliphatic rings. The first-order valence-corrected chi connectivity index (χ1v) is 10.3. The van der Waals surface area contributed by atoms with Crippen LogP contribution in [-0.2, 0) is 11.3 Å². The molecular weight excluding hydrogens is 348 g/mol. The Bertz CT molecular complexity index is 671. The summed E-state index contributed by atoms with van der Waals surface area (Å²) in [4.78, 5) is 17.2. The number of hydrogen-bond acceptors (Lipinski definition) is 3. The number of piperidine rings is 2. The van der Waals surface area contributed by atoms with Gasteiger partial charge < -0.3 is 5.32 Å². The minimum atomic E-state index is -0.789. The standard InChI is InChI=1S/C21H29F2N3O/c22-19-6-3-15(12-20(19)23)13-25-10-7-18(8-11-25)26-9-1-2-16(14-26)21(27)24-17-4-5-17/h3,6,12,16-18H,1-2,4-5,7-11,13-14H2,(H,24,27)/t16-/m1/s1. The lowest BCUT2D eigenvalue weighted by atomic mass is 9.93. The van der Waals surface area contributed by atoms with Crippen LogP contribution >= 0.6 is 0 Å². The molecule has 0 aromatic heterocycles. The van der Waals surface area contributed by atoms with Gasteiger partial charge in [-0.15, -0.1) is 0 Å². The molecule has 2 saturated heterocycles. The lowest BCUT2D eigenvalue weighted by molar-refractivity contribution is -0.127. The van der Waals surface area contributed by atoms with Crippen LogP contribution in [0.15, 0.2) is 18.2 Å². The van der Waals surface area contributed by atoms with E-state index in [1.807, 2.05) is 0 Å². The van der Waals surface area contributed by atoms with E-state index in [0.29, 0.717) is 18.6 Å². The molecule has 27 heavy (non-hydrogen) atoms. The first kappa shape index (κ1) is 18.8. The maximum Gasteiger partial charge on any atom is 0.224 e. The third-order valence-corrected chi connectivity index (χ3v) is 6.21. The third-order valence-electron chi connectivity index (χ3n) is 6.21. The number of likely N-dealkylation sites (tertiary alicyclic amines) is 2. The molecule has 1 amide bonds. The molecule has 1 saturated carbocycles. The van der Waals surface area contributed by atoms with Crippen LogP contribution in [0, 0.1) is 17.6 Å². The number of hydrogen-bond donors (Lipinski definition) is 1. The first-order valence-electron chi connectivity index (χ1n) is 10.3. The van der Waals surface area contributed by atoms with Crippen molar-refractivity contribution in [2.24, 2.45) is 5.92 Å². The summed E-state index contributed by atoms with van der Waals surface area (Å²) in [5.74, 6) is -1.17. The molecule has 148 valence electrons. The SMILES string of the molecule is O=C(NC1CC1)[C@@H]1CCCN(C2CCN(Cc3ccc(F)c(F)c3)CC2)C1. The summed E-state index contributed by atoms with van der Waals surface area (Å²) in [6.07, 6.45) is 6.51. The number of carbonyl (C=O) groups excluding carboxylic acids is 1. The van der Waals surface area contributed by atoms with Crippen molar-refractivity contribution in [3.05, 3.63) is 35.4 Å². The summed E-state index contributed by atoms with van der Waals surface area (Å²) in [5, 5.41) is 3.16. The van der Waals surface area contributed by atoms with Crippen LogP contribution in [0.4, 0.5) is 8.78 Å². The summed E-state index contributed by atoms with van der Waals surface area (Å²) < 4.78 is 26.5. The number of nitrogens with zero attached hydrogens (tertiary/aromatic N) is 2. The topological polar surface area (TPSA) is 35.6 Å². The number of rotatable bonds is 5. The second kappa shape index (κ2) is 8.23. The van der Waals surface area contributed by atoms with Crippen LogP contribution < -0.4 is 5.32 Å². The minimum Gasteiger partial charge on any atom is -0.353 e. The zero-order valence-electron chi connectivity index (χ0n) is 15.8. The third kappa shape index (κ3) is 4.85. The molecule has 1 aliphatic carbocycles. The fraction of sp³-hybridized carbons (Fsp3) is 0.667. The molecule has 6 heteroatoms. The number of halogens is 2. The molecular formula is C21H29F2N3O. The highest BCUT2D eigenvalue weighted by Crippen LogP contribution is 2.26. The van der Waals surface area contributed by atoms with Crippen molar-refractivity contribution in [3.63, 3.8) is 0 Å². The van der Waals surface area contributed by atoms with Gasteiger partial charge in [-0.2, -0.15) is 0 Å². The fourth-order valence-electron chi connectivity index (χ4n) is 4.44. The van der Waals surface area contributed by atoms with Gasteiger partial charge in [0.25, 0.3) is 0 Å². The molecule has 2 aliphatic heterocycles. The Balaban J connectivity index is 1.25. The van der Waals surface area contributed by atoms with Crippen molar-refractivity contribution in [1.29, 1.82) is 0 Å². The fourth-order valence-corrected chi connectivity index (χ4v) is 4.44. The smallest absolute Gasteiger partial charge is 0.224 e. The van der Waals surface area contributed by atoms with E-state index in [1.54, 1.807) is 6.07 Å². The van der Waals surface area contributed by atoms with E-state index in [4.69, 9.17) is 0 Å². The van der Waals surface area contributed by atoms with Crippen LogP contribution in [0.3, 0.4) is 0 Å². The Morgan fingerprint density at radius 1 is 1.04 bits per heavy atom. The zero-order valence-corrected chi connectivity index (χ0v) is 15.8. The van der Waals surface area contributed by atoms with Crippen LogP contribution in [0.25, 0.3) is 0 Å². The van der Waals surface area contributed by atoms with E-state index in [9.17, 15) is 13.6 Å². The predicted octanol–water partition coefficient (Wildman–Crippen LogP) is 2.92. The number of carbonyl (C=O) groups is 1. The molecule has 4 rings (SSSR count). The molecule has 0 spiro atoms. The zero-order chi connectivity index (χ0) is 18.8. The summed E-state index contributed by atoms with van der Waals surface area (Å²) in [5.41, 5.74) is 0.821. The number of benzene rings is 1. The van der Waals surface area contributed by atoms with E-state index in [0.717, 1.165) is 70.3 Å². The lowest BCUT2D eigenvalue weighted by Gasteiger charge is -2.42. The molecule has 1 atom stereocenters. The molecule has 1 N–H and O–H groups in total. The van der Waals surface area contributed by atoms with Crippen LogP contribution in [0.2, 0.25) is 0 Å². The van der Waals surface area contributed by atoms with Crippen molar-refractivity contribution >= 4 is 5.91 Å². The van der Waals surface area contributed by atoms with Gasteiger partial charge in [0.1, 0.15) is 0 Å². The Hall–Kier alpha value is -1.53. The quantitative estimate of drug-likeness (QED) is 0.857. The monoisotopic (exact) mass is 377 g/mol. The Labute approximate surface area is 159 Å². The van der Waals surface area contributed by atoms with E-state index in [-0.39, 0.29) is 11.8 Å². The normalized spacial score (nSPS) is 25.5. The average Bonchev–Trinajstić information content (AvgIpc) is 3.49. The van der Waals surface area contributed by atoms with Crippen molar-refractivity contribution < 1.29 is 13.6 Å². The average molecular weight is 377 g/mol. The number of amides is 1. The van der Waals surface area contributed by atoms with Crippen molar-refractivity contribution in [2.45, 2.75) is 57.2 Å². The van der Waals surface area contributed by atoms with Crippen molar-refractivity contribution in [2.75, 3.05) is 26.2 Å². The van der Waals surface area contributed by atoms with Gasteiger partial charge in [0.15, 0.2) is 11.6 Å². The number of nitrogens with one attached hydrogen (secondary N) is 1. The Morgan fingerprint density at radius 3 is 2.52 bits per heavy atom. The summed E-state index contributed by atoms with van der Waals surface area (Å²) in [7, 11) is 0. The van der Waals surface area contributed by atoms with Gasteiger partial charge in [0, 0.05) is 25.2 Å². The van der Waals surface area contributed by atoms with E-state index in [1.165, 1.54) is 12.1 Å². The first-order chi connectivity index (χ1) is 13.1. The van der Waals surface area contributed by atoms with Gasteiger partial charge in [-0.3, -0.25) is 14.6 Å². The Morgan fingerprint density at radius 2 is 1.81 bits per heavy atom. The van der Waals surface area contributed by atoms with Gasteiger partial charge in [-0.25, -0.2) is 8.78 Å². The van der Waals surface area contributed by atoms with E-state index >= 15 is 0 Å². The van der Waals surface area contributed by atoms with E-state index in [2.05, 4.69) is 15.1 Å². The highest BCUT2D eigenvalue weighted by atomic mass is 19.2. The van der Waals surface area contributed by atoms with Crippen LogP contribution in [0.1, 0.15) is 44.1 Å². The van der Waals surface area contributed by atoms with Gasteiger partial charge in [0.05, 0.1) is 5.92 Å². The van der Waals surface area contributed by atoms with Gasteiger partial charge in [-0.05, 0) is 75.9 Å². The molecule has 2 heterocycles. The molecule has 0 radical (unpaired) electrons. The predicted molar refractivity (Wildman–Crippen MR) is 100 cm³/mol. The molecule has 4 nitrogen and oxygen atoms in total. The van der Waals surface area contributed by atoms with Crippen LogP contribution in [-0.4, -0.2) is 54.0 Å². The van der Waals surface area contributed by atoms with Crippen molar-refractivity contribution in [3.8, 4) is 0 Å². The highest BCUT2D eigenvalue weighted by Gasteiger charge is 2.33. The maximum atomic E-state index is 13.4. The second-order valence-electron chi connectivity index (χ2n) is 8.37. The second-order valence-corrected chi connectivity index (χ2v) is 8.37. The summed E-state index contributed by atoms with van der Waals surface area (Å²) >= 11 is 0. The largest absolute Gasteiger partial charge is 0.353 e. The lowest BCUT2D eigenvalue weighted by Crippen LogP contribution is -2.50. The molecule has 0 unspecified atom stereocenters. The minimum absolute atomic E-state index is 0.138. The molecule has 1 aromatic carbocycles. The van der Waals surface area contributed by atoms with Crippen LogP contribution in [0.5, 0.6) is 0 Å². The summed E-state index contributed by atoms with van der Waals surface area (Å²) in [6, 6.07) is 5.14. The molecule has 0 bridgehead atoms. The van der Waals surface area contributed by atoms with Crippen molar-refractivity contribution in [1.82, 2.24) is 15.1 Å². The molecule has 1 aromatic rings.